The van der Waals surface area contributed by atoms with E-state index in [9.17, 15) is 0 Å². The molecule has 0 heterocycles. The fourth-order valence-electron chi connectivity index (χ4n) is 2.24. The Morgan fingerprint density at radius 3 is 2.29 bits per heavy atom. The summed E-state index contributed by atoms with van der Waals surface area (Å²) in [6, 6.07) is 0.846. The fourth-order valence-corrected chi connectivity index (χ4v) is 2.24. The molecule has 14 heavy (non-hydrogen) atoms. The Morgan fingerprint density at radius 2 is 1.57 bits per heavy atom. The van der Waals surface area contributed by atoms with Crippen LogP contribution in [0.25, 0.3) is 0 Å². The second kappa shape index (κ2) is 8.25. The second-order valence-corrected chi connectivity index (χ2v) is 4.49. The Labute approximate surface area is 88.6 Å². The van der Waals surface area contributed by atoms with Gasteiger partial charge in [0.1, 0.15) is 0 Å². The van der Waals surface area contributed by atoms with Gasteiger partial charge in [0, 0.05) is 6.04 Å². The van der Waals surface area contributed by atoms with Crippen LogP contribution < -0.4 is 11.1 Å². The van der Waals surface area contributed by atoms with Crippen molar-refractivity contribution in [2.45, 2.75) is 63.8 Å². The summed E-state index contributed by atoms with van der Waals surface area (Å²) in [5.41, 5.74) is 5.44. The first kappa shape index (κ1) is 12.0. The number of hydrogen-bond donors (Lipinski definition) is 2. The zero-order valence-electron chi connectivity index (χ0n) is 9.43. The maximum absolute atomic E-state index is 5.44. The van der Waals surface area contributed by atoms with Crippen LogP contribution in [-0.4, -0.2) is 19.1 Å². The molecule has 1 aliphatic rings. The van der Waals surface area contributed by atoms with Gasteiger partial charge in [-0.15, -0.1) is 0 Å². The Bertz CT molecular complexity index is 119. The largest absolute Gasteiger partial charge is 0.330 e. The lowest BCUT2D eigenvalue weighted by molar-refractivity contribution is 0.498. The average Bonchev–Trinajstić information content (AvgIpc) is 2.69. The highest BCUT2D eigenvalue weighted by atomic mass is 14.9. The van der Waals surface area contributed by atoms with Gasteiger partial charge in [-0.3, -0.25) is 0 Å². The highest BCUT2D eigenvalue weighted by Crippen LogP contribution is 2.17. The first-order chi connectivity index (χ1) is 6.93. The summed E-state index contributed by atoms with van der Waals surface area (Å²) in [5, 5.41) is 3.65. The van der Waals surface area contributed by atoms with Gasteiger partial charge in [0.15, 0.2) is 0 Å². The Balaban J connectivity index is 1.75. The topological polar surface area (TPSA) is 38.0 Å². The van der Waals surface area contributed by atoms with Gasteiger partial charge < -0.3 is 11.1 Å². The van der Waals surface area contributed by atoms with Crippen molar-refractivity contribution < 1.29 is 0 Å². The molecule has 1 saturated carbocycles. The van der Waals surface area contributed by atoms with Crippen molar-refractivity contribution in [1.29, 1.82) is 0 Å². The minimum atomic E-state index is 0.846. The van der Waals surface area contributed by atoms with Gasteiger partial charge in [-0.25, -0.2) is 0 Å². The van der Waals surface area contributed by atoms with Gasteiger partial charge in [0.25, 0.3) is 0 Å². The van der Waals surface area contributed by atoms with E-state index in [0.717, 1.165) is 12.6 Å². The minimum Gasteiger partial charge on any atom is -0.330 e. The number of nitrogens with two attached hydrogens (primary N) is 1. The lowest BCUT2D eigenvalue weighted by atomic mass is 10.1. The molecule has 0 aromatic carbocycles. The van der Waals surface area contributed by atoms with Crippen molar-refractivity contribution in [3.8, 4) is 0 Å². The van der Waals surface area contributed by atoms with Crippen LogP contribution in [0.1, 0.15) is 57.8 Å². The molecule has 1 aliphatic carbocycles. The van der Waals surface area contributed by atoms with Gasteiger partial charge in [0.2, 0.25) is 0 Å². The van der Waals surface area contributed by atoms with E-state index in [1.807, 2.05) is 0 Å². The highest BCUT2D eigenvalue weighted by Gasteiger charge is 2.12. The number of rotatable bonds is 8. The van der Waals surface area contributed by atoms with Crippen LogP contribution in [0.4, 0.5) is 0 Å². The van der Waals surface area contributed by atoms with Crippen molar-refractivity contribution in [1.82, 2.24) is 5.32 Å². The van der Waals surface area contributed by atoms with Crippen molar-refractivity contribution >= 4 is 0 Å². The SMILES string of the molecule is NCCCCCCCNC1CCCC1. The number of unbranched alkanes of at least 4 members (excludes halogenated alkanes) is 4. The molecule has 2 heteroatoms. The molecule has 0 aliphatic heterocycles. The Hall–Kier alpha value is -0.0800. The zero-order chi connectivity index (χ0) is 10.1. The molecule has 84 valence electrons. The van der Waals surface area contributed by atoms with E-state index in [2.05, 4.69) is 5.32 Å². The van der Waals surface area contributed by atoms with Crippen LogP contribution in [-0.2, 0) is 0 Å². The van der Waals surface area contributed by atoms with Crippen LogP contribution in [0.3, 0.4) is 0 Å². The normalized spacial score (nSPS) is 17.8. The summed E-state index contributed by atoms with van der Waals surface area (Å²) in [7, 11) is 0. The third-order valence-electron chi connectivity index (χ3n) is 3.17. The van der Waals surface area contributed by atoms with Crippen LogP contribution >= 0.6 is 0 Å². The van der Waals surface area contributed by atoms with Gasteiger partial charge in [-0.2, -0.15) is 0 Å². The van der Waals surface area contributed by atoms with Gasteiger partial charge in [0.05, 0.1) is 0 Å². The summed E-state index contributed by atoms with van der Waals surface area (Å²) in [6.45, 7) is 2.09. The molecule has 0 bridgehead atoms. The lowest BCUT2D eigenvalue weighted by Gasteiger charge is -2.10. The van der Waals surface area contributed by atoms with E-state index in [-0.39, 0.29) is 0 Å². The third-order valence-corrected chi connectivity index (χ3v) is 3.17. The molecular formula is C12H26N2. The van der Waals surface area contributed by atoms with Crippen molar-refractivity contribution in [2.24, 2.45) is 5.73 Å². The predicted molar refractivity (Wildman–Crippen MR) is 62.4 cm³/mol. The molecule has 0 unspecified atom stereocenters. The minimum absolute atomic E-state index is 0.846. The van der Waals surface area contributed by atoms with Gasteiger partial charge in [-0.1, -0.05) is 32.1 Å². The molecule has 0 spiro atoms. The first-order valence-electron chi connectivity index (χ1n) is 6.37. The molecule has 0 radical (unpaired) electrons. The molecule has 3 N–H and O–H groups in total. The van der Waals surface area contributed by atoms with E-state index >= 15 is 0 Å². The number of nitrogens with one attached hydrogen (secondary N) is 1. The first-order valence-corrected chi connectivity index (χ1v) is 6.37. The average molecular weight is 198 g/mol. The fraction of sp³-hybridized carbons (Fsp3) is 1.00. The zero-order valence-corrected chi connectivity index (χ0v) is 9.43. The van der Waals surface area contributed by atoms with Crippen LogP contribution in [0.15, 0.2) is 0 Å². The second-order valence-electron chi connectivity index (χ2n) is 4.49. The van der Waals surface area contributed by atoms with Gasteiger partial charge >= 0.3 is 0 Å². The number of hydrogen-bond acceptors (Lipinski definition) is 2. The van der Waals surface area contributed by atoms with Crippen LogP contribution in [0, 0.1) is 0 Å². The standard InChI is InChI=1S/C12H26N2/c13-10-6-2-1-3-7-11-14-12-8-4-5-9-12/h12,14H,1-11,13H2. The quantitative estimate of drug-likeness (QED) is 0.588. The van der Waals surface area contributed by atoms with E-state index < -0.39 is 0 Å². The molecule has 2 nitrogen and oxygen atoms in total. The molecule has 0 atom stereocenters. The third kappa shape index (κ3) is 5.61. The van der Waals surface area contributed by atoms with Crippen LogP contribution in [0.5, 0.6) is 0 Å². The molecule has 1 fully saturated rings. The van der Waals surface area contributed by atoms with E-state index in [1.165, 1.54) is 64.3 Å². The Kier molecular flexibility index (Phi) is 7.06. The summed E-state index contributed by atoms with van der Waals surface area (Å²) < 4.78 is 0. The van der Waals surface area contributed by atoms with Crippen molar-refractivity contribution in [3.63, 3.8) is 0 Å². The van der Waals surface area contributed by atoms with Gasteiger partial charge in [-0.05, 0) is 38.8 Å². The smallest absolute Gasteiger partial charge is 0.00670 e. The summed E-state index contributed by atoms with van der Waals surface area (Å²) in [5.74, 6) is 0. The maximum atomic E-state index is 5.44. The Morgan fingerprint density at radius 1 is 0.929 bits per heavy atom. The summed E-state index contributed by atoms with van der Waals surface area (Å²) >= 11 is 0. The molecule has 1 rings (SSSR count). The van der Waals surface area contributed by atoms with E-state index in [4.69, 9.17) is 5.73 Å². The lowest BCUT2D eigenvalue weighted by Crippen LogP contribution is -2.26. The maximum Gasteiger partial charge on any atom is 0.00670 e. The van der Waals surface area contributed by atoms with Crippen molar-refractivity contribution in [3.05, 3.63) is 0 Å². The highest BCUT2D eigenvalue weighted by molar-refractivity contribution is 4.73. The van der Waals surface area contributed by atoms with Crippen molar-refractivity contribution in [2.75, 3.05) is 13.1 Å². The molecule has 0 amide bonds. The summed E-state index contributed by atoms with van der Waals surface area (Å²) in [6.07, 6.45) is 12.3. The monoisotopic (exact) mass is 198 g/mol. The molecular weight excluding hydrogens is 172 g/mol. The van der Waals surface area contributed by atoms with Crippen LogP contribution in [0.2, 0.25) is 0 Å². The molecule has 0 aromatic heterocycles. The molecule has 0 aromatic rings. The van der Waals surface area contributed by atoms with E-state index in [1.54, 1.807) is 0 Å². The van der Waals surface area contributed by atoms with E-state index in [0.29, 0.717) is 0 Å². The summed E-state index contributed by atoms with van der Waals surface area (Å²) in [4.78, 5) is 0. The predicted octanol–water partition coefficient (Wildman–Crippen LogP) is 2.43. The molecule has 0 saturated heterocycles.